The minimum absolute atomic E-state index is 0.236. The Morgan fingerprint density at radius 2 is 1.81 bits per heavy atom. The minimum Gasteiger partial charge on any atom is -0.334 e. The van der Waals surface area contributed by atoms with Crippen molar-refractivity contribution < 1.29 is 4.79 Å². The van der Waals surface area contributed by atoms with Crippen LogP contribution in [-0.2, 0) is 24.2 Å². The van der Waals surface area contributed by atoms with E-state index in [-0.39, 0.29) is 5.91 Å². The molecule has 2 aliphatic heterocycles. The van der Waals surface area contributed by atoms with Crippen molar-refractivity contribution in [2.24, 2.45) is 0 Å². The van der Waals surface area contributed by atoms with Crippen molar-refractivity contribution >= 4 is 11.6 Å². The normalized spacial score (nSPS) is 18.0. The topological polar surface area (TPSA) is 44.6 Å². The Kier molecular flexibility index (Phi) is 5.55. The summed E-state index contributed by atoms with van der Waals surface area (Å²) in [5.41, 5.74) is 2.40. The Morgan fingerprint density at radius 3 is 2.63 bits per heavy atom. The highest BCUT2D eigenvalue weighted by Crippen LogP contribution is 2.27. The van der Waals surface area contributed by atoms with Crippen molar-refractivity contribution in [2.45, 2.75) is 26.3 Å². The number of aryl methyl sites for hydroxylation is 1. The van der Waals surface area contributed by atoms with E-state index in [1.807, 2.05) is 17.2 Å². The maximum atomic E-state index is 12.8. The summed E-state index contributed by atoms with van der Waals surface area (Å²) in [6.45, 7) is 9.52. The van der Waals surface area contributed by atoms with Gasteiger partial charge >= 0.3 is 0 Å². The second-order valence-electron chi connectivity index (χ2n) is 7.43. The number of piperazine rings is 1. The second kappa shape index (κ2) is 8.23. The molecule has 2 aliphatic rings. The number of anilines is 1. The molecule has 1 fully saturated rings. The van der Waals surface area contributed by atoms with Crippen LogP contribution in [0.3, 0.4) is 0 Å². The fraction of sp³-hybridized carbons (Fsp3) is 0.524. The van der Waals surface area contributed by atoms with E-state index < -0.39 is 0 Å². The molecule has 6 heteroatoms. The number of hydrogen-bond acceptors (Lipinski definition) is 4. The first-order valence-electron chi connectivity index (χ1n) is 10.1. The van der Waals surface area contributed by atoms with Crippen LogP contribution >= 0.6 is 0 Å². The number of rotatable bonds is 6. The van der Waals surface area contributed by atoms with Gasteiger partial charge in [0.2, 0.25) is 5.91 Å². The van der Waals surface area contributed by atoms with Gasteiger partial charge in [0.05, 0.1) is 6.54 Å². The maximum Gasteiger partial charge on any atom is 0.241 e. The monoisotopic (exact) mass is 367 g/mol. The van der Waals surface area contributed by atoms with Gasteiger partial charge in [-0.1, -0.05) is 25.1 Å². The SMILES string of the molecule is CCc1nccn1CCN1CCN(CC(=O)N2CCc3ccccc32)CC1. The summed E-state index contributed by atoms with van der Waals surface area (Å²) in [6.07, 6.45) is 5.91. The van der Waals surface area contributed by atoms with E-state index >= 15 is 0 Å². The van der Waals surface area contributed by atoms with Crippen molar-refractivity contribution in [1.82, 2.24) is 19.4 Å². The number of carbonyl (C=O) groups is 1. The molecule has 1 aromatic heterocycles. The first kappa shape index (κ1) is 18.2. The first-order chi connectivity index (χ1) is 13.2. The van der Waals surface area contributed by atoms with Crippen molar-refractivity contribution in [3.05, 3.63) is 48.0 Å². The van der Waals surface area contributed by atoms with Gasteiger partial charge in [-0.15, -0.1) is 0 Å². The average molecular weight is 367 g/mol. The predicted molar refractivity (Wildman–Crippen MR) is 107 cm³/mol. The summed E-state index contributed by atoms with van der Waals surface area (Å²) >= 11 is 0. The third-order valence-electron chi connectivity index (χ3n) is 5.79. The van der Waals surface area contributed by atoms with Gasteiger partial charge in [0, 0.05) is 70.3 Å². The molecular weight excluding hydrogens is 338 g/mol. The Bertz CT molecular complexity index is 778. The Morgan fingerprint density at radius 1 is 1.04 bits per heavy atom. The smallest absolute Gasteiger partial charge is 0.241 e. The summed E-state index contributed by atoms with van der Waals surface area (Å²) in [5, 5.41) is 0. The number of amides is 1. The summed E-state index contributed by atoms with van der Waals surface area (Å²) in [7, 11) is 0. The predicted octanol–water partition coefficient (Wildman–Crippen LogP) is 1.65. The van der Waals surface area contributed by atoms with E-state index in [4.69, 9.17) is 0 Å². The number of imidazole rings is 1. The van der Waals surface area contributed by atoms with Crippen LogP contribution in [0.5, 0.6) is 0 Å². The highest BCUT2D eigenvalue weighted by molar-refractivity contribution is 5.96. The molecule has 2 aromatic rings. The lowest BCUT2D eigenvalue weighted by Gasteiger charge is -2.35. The number of carbonyl (C=O) groups excluding carboxylic acids is 1. The highest BCUT2D eigenvalue weighted by atomic mass is 16.2. The fourth-order valence-electron chi connectivity index (χ4n) is 4.15. The van der Waals surface area contributed by atoms with Gasteiger partial charge in [-0.25, -0.2) is 4.98 Å². The molecule has 0 unspecified atom stereocenters. The lowest BCUT2D eigenvalue weighted by molar-refractivity contribution is -0.120. The second-order valence-corrected chi connectivity index (χ2v) is 7.43. The van der Waals surface area contributed by atoms with Crippen LogP contribution in [0, 0.1) is 0 Å². The van der Waals surface area contributed by atoms with Gasteiger partial charge in [-0.2, -0.15) is 0 Å². The van der Waals surface area contributed by atoms with Crippen molar-refractivity contribution in [1.29, 1.82) is 0 Å². The Labute approximate surface area is 161 Å². The zero-order chi connectivity index (χ0) is 18.6. The van der Waals surface area contributed by atoms with E-state index in [0.717, 1.165) is 70.2 Å². The Balaban J connectivity index is 1.23. The molecule has 0 N–H and O–H groups in total. The van der Waals surface area contributed by atoms with Gasteiger partial charge in [-0.3, -0.25) is 14.6 Å². The van der Waals surface area contributed by atoms with E-state index in [0.29, 0.717) is 6.54 Å². The molecule has 0 aliphatic carbocycles. The molecule has 1 aromatic carbocycles. The summed E-state index contributed by atoms with van der Waals surface area (Å²) in [4.78, 5) is 23.9. The van der Waals surface area contributed by atoms with Crippen LogP contribution < -0.4 is 4.90 Å². The van der Waals surface area contributed by atoms with Gasteiger partial charge in [-0.05, 0) is 18.1 Å². The largest absolute Gasteiger partial charge is 0.334 e. The standard InChI is InChI=1S/C21H29N5O/c1-2-20-22-8-10-25(20)16-15-23-11-13-24(14-12-23)17-21(27)26-9-7-18-5-3-4-6-19(18)26/h3-6,8,10H,2,7,9,11-17H2,1H3. The van der Waals surface area contributed by atoms with E-state index in [2.05, 4.69) is 50.7 Å². The van der Waals surface area contributed by atoms with Crippen LogP contribution in [0.1, 0.15) is 18.3 Å². The van der Waals surface area contributed by atoms with Gasteiger partial charge < -0.3 is 9.47 Å². The van der Waals surface area contributed by atoms with Crippen LogP contribution in [0.25, 0.3) is 0 Å². The molecule has 1 amide bonds. The minimum atomic E-state index is 0.236. The van der Waals surface area contributed by atoms with E-state index in [1.165, 1.54) is 5.56 Å². The van der Waals surface area contributed by atoms with Crippen LogP contribution in [0.15, 0.2) is 36.7 Å². The molecule has 6 nitrogen and oxygen atoms in total. The first-order valence-corrected chi connectivity index (χ1v) is 10.1. The van der Waals surface area contributed by atoms with Crippen molar-refractivity contribution in [2.75, 3.05) is 50.7 Å². The molecule has 1 saturated heterocycles. The number of hydrogen-bond donors (Lipinski definition) is 0. The van der Waals surface area contributed by atoms with Gasteiger partial charge in [0.15, 0.2) is 0 Å². The molecule has 0 bridgehead atoms. The zero-order valence-corrected chi connectivity index (χ0v) is 16.2. The summed E-state index contributed by atoms with van der Waals surface area (Å²) < 4.78 is 2.25. The van der Waals surface area contributed by atoms with Gasteiger partial charge in [0.25, 0.3) is 0 Å². The average Bonchev–Trinajstić information content (AvgIpc) is 3.34. The summed E-state index contributed by atoms with van der Waals surface area (Å²) in [5.74, 6) is 1.39. The van der Waals surface area contributed by atoms with Gasteiger partial charge in [0.1, 0.15) is 5.82 Å². The molecule has 0 atom stereocenters. The number of benzene rings is 1. The number of aromatic nitrogens is 2. The van der Waals surface area contributed by atoms with Crippen molar-refractivity contribution in [3.8, 4) is 0 Å². The highest BCUT2D eigenvalue weighted by Gasteiger charge is 2.26. The van der Waals surface area contributed by atoms with E-state index in [1.54, 1.807) is 0 Å². The lowest BCUT2D eigenvalue weighted by Crippen LogP contribution is -2.50. The van der Waals surface area contributed by atoms with Crippen LogP contribution in [0.2, 0.25) is 0 Å². The molecule has 3 heterocycles. The lowest BCUT2D eigenvalue weighted by atomic mass is 10.2. The molecule has 0 radical (unpaired) electrons. The van der Waals surface area contributed by atoms with E-state index in [9.17, 15) is 4.79 Å². The van der Waals surface area contributed by atoms with Crippen molar-refractivity contribution in [3.63, 3.8) is 0 Å². The molecule has 0 saturated carbocycles. The van der Waals surface area contributed by atoms with Crippen LogP contribution in [-0.4, -0.2) is 71.1 Å². The Hall–Kier alpha value is -2.18. The number of para-hydroxylation sites is 1. The summed E-state index contributed by atoms with van der Waals surface area (Å²) in [6, 6.07) is 8.27. The third-order valence-corrected chi connectivity index (χ3v) is 5.79. The molecule has 27 heavy (non-hydrogen) atoms. The number of fused-ring (bicyclic) bond motifs is 1. The number of nitrogens with zero attached hydrogens (tertiary/aromatic N) is 5. The quantitative estimate of drug-likeness (QED) is 0.779. The molecular formula is C21H29N5O. The molecule has 144 valence electrons. The van der Waals surface area contributed by atoms with Crippen LogP contribution in [0.4, 0.5) is 5.69 Å². The fourth-order valence-corrected chi connectivity index (χ4v) is 4.15. The molecule has 4 rings (SSSR count). The zero-order valence-electron chi connectivity index (χ0n) is 16.2. The third kappa shape index (κ3) is 4.06. The molecule has 0 spiro atoms. The maximum absolute atomic E-state index is 12.8.